The van der Waals surface area contributed by atoms with Gasteiger partial charge in [0.25, 0.3) is 21.6 Å². The smallest absolute Gasteiger partial charge is 0.337 e. The van der Waals surface area contributed by atoms with Crippen LogP contribution >= 0.6 is 11.3 Å². The van der Waals surface area contributed by atoms with E-state index in [-0.39, 0.29) is 28.0 Å². The molecule has 2 aromatic carbocycles. The molecule has 0 radical (unpaired) electrons. The summed E-state index contributed by atoms with van der Waals surface area (Å²) in [5.74, 6) is -0.910. The lowest BCUT2D eigenvalue weighted by Crippen LogP contribution is -2.42. The van der Waals surface area contributed by atoms with Crippen LogP contribution in [0.3, 0.4) is 0 Å². The summed E-state index contributed by atoms with van der Waals surface area (Å²) in [6, 6.07) is 15.6. The Labute approximate surface area is 223 Å². The van der Waals surface area contributed by atoms with Gasteiger partial charge in [-0.2, -0.15) is 4.31 Å². The van der Waals surface area contributed by atoms with Gasteiger partial charge in [-0.1, -0.05) is 12.1 Å². The molecule has 1 aliphatic rings. The van der Waals surface area contributed by atoms with Crippen LogP contribution in [-0.4, -0.2) is 55.8 Å². The molecule has 200 valence electrons. The molecule has 38 heavy (non-hydrogen) atoms. The standard InChI is InChI=1S/C25H26N4O7S2/c1-36-25(31)18-5-2-6-20(14-18)27-19-10-12-28(13-11-19)38(34,35)23-9-8-22(37-23)16-26-24(30)17-4-3-7-21(15-17)29(32)33/h2-9,14-15,19,27H,10-13,16H2,1H3,(H,26,30). The number of hydrogen-bond acceptors (Lipinski definition) is 9. The van der Waals surface area contributed by atoms with Crippen molar-refractivity contribution in [2.45, 2.75) is 29.6 Å². The van der Waals surface area contributed by atoms with Crippen LogP contribution in [0.15, 0.2) is 64.9 Å². The average Bonchev–Trinajstić information content (AvgIpc) is 3.42. The number of carbonyl (C=O) groups is 2. The second-order valence-corrected chi connectivity index (χ2v) is 11.9. The van der Waals surface area contributed by atoms with Gasteiger partial charge in [0, 0.05) is 47.4 Å². The first kappa shape index (κ1) is 27.2. The number of non-ortho nitro benzene ring substituents is 1. The highest BCUT2D eigenvalue weighted by Gasteiger charge is 2.30. The normalized spacial score (nSPS) is 14.6. The number of esters is 1. The van der Waals surface area contributed by atoms with E-state index in [1.807, 2.05) is 6.07 Å². The van der Waals surface area contributed by atoms with Crippen molar-refractivity contribution in [3.8, 4) is 0 Å². The van der Waals surface area contributed by atoms with Gasteiger partial charge in [-0.25, -0.2) is 13.2 Å². The minimum absolute atomic E-state index is 0.0530. The van der Waals surface area contributed by atoms with Crippen molar-refractivity contribution in [2.75, 3.05) is 25.5 Å². The minimum Gasteiger partial charge on any atom is -0.465 e. The Balaban J connectivity index is 1.32. The van der Waals surface area contributed by atoms with Crippen LogP contribution in [-0.2, 0) is 21.3 Å². The topological polar surface area (TPSA) is 148 Å². The summed E-state index contributed by atoms with van der Waals surface area (Å²) in [4.78, 5) is 35.1. The Morgan fingerprint density at radius 2 is 1.79 bits per heavy atom. The van der Waals surface area contributed by atoms with Crippen LogP contribution in [0.2, 0.25) is 0 Å². The summed E-state index contributed by atoms with van der Waals surface area (Å²) >= 11 is 1.08. The van der Waals surface area contributed by atoms with E-state index in [4.69, 9.17) is 4.74 Å². The van der Waals surface area contributed by atoms with Gasteiger partial charge in [-0.3, -0.25) is 14.9 Å². The van der Waals surface area contributed by atoms with Gasteiger partial charge in [0.05, 0.1) is 24.1 Å². The van der Waals surface area contributed by atoms with E-state index in [9.17, 15) is 28.1 Å². The van der Waals surface area contributed by atoms with Crippen molar-refractivity contribution in [3.63, 3.8) is 0 Å². The number of methoxy groups -OCH3 is 1. The van der Waals surface area contributed by atoms with Crippen LogP contribution in [0.1, 0.15) is 38.4 Å². The van der Waals surface area contributed by atoms with E-state index in [0.717, 1.165) is 17.0 Å². The molecule has 1 saturated heterocycles. The zero-order valence-electron chi connectivity index (χ0n) is 20.5. The summed E-state index contributed by atoms with van der Waals surface area (Å²) in [5, 5.41) is 17.0. The Bertz CT molecular complexity index is 1450. The molecule has 13 heteroatoms. The van der Waals surface area contributed by atoms with Crippen molar-refractivity contribution < 1.29 is 27.7 Å². The highest BCUT2D eigenvalue weighted by atomic mass is 32.2. The molecular formula is C25H26N4O7S2. The number of ether oxygens (including phenoxy) is 1. The fourth-order valence-electron chi connectivity index (χ4n) is 4.08. The Kier molecular flexibility index (Phi) is 8.39. The third-order valence-electron chi connectivity index (χ3n) is 6.08. The Morgan fingerprint density at radius 3 is 2.50 bits per heavy atom. The van der Waals surface area contributed by atoms with Gasteiger partial charge in [0.15, 0.2) is 0 Å². The summed E-state index contributed by atoms with van der Waals surface area (Å²) in [5.41, 5.74) is 1.17. The number of rotatable bonds is 9. The first-order valence-corrected chi connectivity index (χ1v) is 14.0. The number of nitrogens with zero attached hydrogens (tertiary/aromatic N) is 2. The lowest BCUT2D eigenvalue weighted by Gasteiger charge is -2.31. The Hall–Kier alpha value is -3.81. The third-order valence-corrected chi connectivity index (χ3v) is 9.53. The molecular weight excluding hydrogens is 532 g/mol. The van der Waals surface area contributed by atoms with Gasteiger partial charge in [-0.05, 0) is 49.2 Å². The first-order chi connectivity index (χ1) is 18.2. The number of hydrogen-bond donors (Lipinski definition) is 2. The maximum atomic E-state index is 13.2. The van der Waals surface area contributed by atoms with Gasteiger partial charge in [-0.15, -0.1) is 11.3 Å². The second-order valence-electron chi connectivity index (χ2n) is 8.61. The molecule has 0 spiro atoms. The molecule has 0 saturated carbocycles. The maximum absolute atomic E-state index is 13.2. The number of carbonyl (C=O) groups excluding carboxylic acids is 2. The van der Waals surface area contributed by atoms with Crippen molar-refractivity contribution in [2.24, 2.45) is 0 Å². The second kappa shape index (κ2) is 11.7. The molecule has 3 aromatic rings. The fraction of sp³-hybridized carbons (Fsp3) is 0.280. The van der Waals surface area contributed by atoms with Crippen molar-refractivity contribution in [3.05, 3.63) is 86.8 Å². The number of piperidine rings is 1. The van der Waals surface area contributed by atoms with Crippen LogP contribution in [0.4, 0.5) is 11.4 Å². The molecule has 1 aromatic heterocycles. The zero-order valence-corrected chi connectivity index (χ0v) is 22.1. The zero-order chi connectivity index (χ0) is 27.3. The maximum Gasteiger partial charge on any atom is 0.337 e. The van der Waals surface area contributed by atoms with E-state index in [0.29, 0.717) is 36.4 Å². The van der Waals surface area contributed by atoms with Gasteiger partial charge in [0.1, 0.15) is 4.21 Å². The van der Waals surface area contributed by atoms with E-state index in [2.05, 4.69) is 10.6 Å². The number of nitrogens with one attached hydrogen (secondary N) is 2. The predicted octanol–water partition coefficient (Wildman–Crippen LogP) is 3.64. The van der Waals surface area contributed by atoms with E-state index >= 15 is 0 Å². The van der Waals surface area contributed by atoms with Crippen LogP contribution < -0.4 is 10.6 Å². The van der Waals surface area contributed by atoms with Gasteiger partial charge < -0.3 is 15.4 Å². The molecule has 1 aliphatic heterocycles. The summed E-state index contributed by atoms with van der Waals surface area (Å²) in [6.07, 6.45) is 1.19. The molecule has 4 rings (SSSR count). The largest absolute Gasteiger partial charge is 0.465 e. The summed E-state index contributed by atoms with van der Waals surface area (Å²) < 4.78 is 32.8. The van der Waals surface area contributed by atoms with E-state index < -0.39 is 26.8 Å². The summed E-state index contributed by atoms with van der Waals surface area (Å²) in [6.45, 7) is 0.777. The molecule has 1 amide bonds. The summed E-state index contributed by atoms with van der Waals surface area (Å²) in [7, 11) is -2.36. The Morgan fingerprint density at radius 1 is 1.08 bits per heavy atom. The minimum atomic E-state index is -3.69. The van der Waals surface area contributed by atoms with Crippen molar-refractivity contribution in [1.82, 2.24) is 9.62 Å². The molecule has 1 fully saturated rings. The van der Waals surface area contributed by atoms with Crippen LogP contribution in [0.5, 0.6) is 0 Å². The SMILES string of the molecule is COC(=O)c1cccc(NC2CCN(S(=O)(=O)c3ccc(CNC(=O)c4cccc([N+](=O)[O-])c4)s3)CC2)c1. The molecule has 0 bridgehead atoms. The average molecular weight is 559 g/mol. The molecule has 11 nitrogen and oxygen atoms in total. The predicted molar refractivity (Wildman–Crippen MR) is 142 cm³/mol. The molecule has 0 unspecified atom stereocenters. The number of nitro benzene ring substituents is 1. The van der Waals surface area contributed by atoms with Crippen molar-refractivity contribution in [1.29, 1.82) is 0 Å². The number of anilines is 1. The number of nitro groups is 1. The molecule has 2 N–H and O–H groups in total. The number of benzene rings is 2. The lowest BCUT2D eigenvalue weighted by atomic mass is 10.1. The van der Waals surface area contributed by atoms with Crippen molar-refractivity contribution >= 4 is 44.6 Å². The first-order valence-electron chi connectivity index (χ1n) is 11.7. The van der Waals surface area contributed by atoms with Gasteiger partial charge >= 0.3 is 5.97 Å². The lowest BCUT2D eigenvalue weighted by molar-refractivity contribution is -0.384. The molecule has 0 aliphatic carbocycles. The molecule has 0 atom stereocenters. The van der Waals surface area contributed by atoms with Crippen LogP contribution in [0, 0.1) is 10.1 Å². The highest BCUT2D eigenvalue weighted by Crippen LogP contribution is 2.28. The fourth-order valence-corrected chi connectivity index (χ4v) is 7.00. The monoisotopic (exact) mass is 558 g/mol. The number of amides is 1. The quantitative estimate of drug-likeness (QED) is 0.230. The number of sulfonamides is 1. The highest BCUT2D eigenvalue weighted by molar-refractivity contribution is 7.91. The number of thiophene rings is 1. The van der Waals surface area contributed by atoms with E-state index in [1.165, 1.54) is 41.7 Å². The van der Waals surface area contributed by atoms with Gasteiger partial charge in [0.2, 0.25) is 0 Å². The van der Waals surface area contributed by atoms with E-state index in [1.54, 1.807) is 24.3 Å². The molecule has 2 heterocycles. The van der Waals surface area contributed by atoms with Crippen LogP contribution in [0.25, 0.3) is 0 Å². The third kappa shape index (κ3) is 6.36.